The predicted molar refractivity (Wildman–Crippen MR) is 72.5 cm³/mol. The van der Waals surface area contributed by atoms with Crippen molar-refractivity contribution in [3.05, 3.63) is 35.4 Å². The number of hydrogen-bond acceptors (Lipinski definition) is 3. The monoisotopic (exact) mass is 315 g/mol. The lowest BCUT2D eigenvalue weighted by molar-refractivity contribution is -0.174. The van der Waals surface area contributed by atoms with Gasteiger partial charge in [0.05, 0.1) is 11.1 Å². The molecule has 0 fully saturated rings. The maximum absolute atomic E-state index is 12.0. The summed E-state index contributed by atoms with van der Waals surface area (Å²) in [6.45, 7) is -0.960. The molecule has 22 heavy (non-hydrogen) atoms. The molecule has 0 aliphatic carbocycles. The van der Waals surface area contributed by atoms with Crippen molar-refractivity contribution < 1.29 is 27.5 Å². The molecule has 0 bridgehead atoms. The van der Waals surface area contributed by atoms with Crippen molar-refractivity contribution in [3.63, 3.8) is 0 Å². The highest BCUT2D eigenvalue weighted by Crippen LogP contribution is 2.22. The van der Waals surface area contributed by atoms with Crippen LogP contribution in [0.4, 0.5) is 13.2 Å². The van der Waals surface area contributed by atoms with E-state index in [-0.39, 0.29) is 25.0 Å². The fourth-order valence-electron chi connectivity index (χ4n) is 2.28. The Morgan fingerprint density at radius 1 is 0.955 bits per heavy atom. The summed E-state index contributed by atoms with van der Waals surface area (Å²) >= 11 is 0. The van der Waals surface area contributed by atoms with Gasteiger partial charge in [0.1, 0.15) is 6.61 Å². The van der Waals surface area contributed by atoms with Crippen molar-refractivity contribution >= 4 is 11.8 Å². The number of unbranched alkanes of at least 4 members (excludes halogenated alkanes) is 2. The maximum Gasteiger partial charge on any atom is 0.411 e. The van der Waals surface area contributed by atoms with Gasteiger partial charge >= 0.3 is 6.18 Å². The molecule has 0 unspecified atom stereocenters. The fraction of sp³-hybridized carbons (Fsp3) is 0.467. The molecule has 0 aromatic heterocycles. The highest BCUT2D eigenvalue weighted by molar-refractivity contribution is 6.21. The number of imide groups is 1. The maximum atomic E-state index is 12.0. The standard InChI is InChI=1S/C15H16F3NO3/c16-15(17,18)10-22-9-5-1-4-8-19-13(20)11-6-2-3-7-12(11)14(19)21/h2-3,6-7H,1,4-5,8-10H2. The van der Waals surface area contributed by atoms with Crippen LogP contribution in [0.1, 0.15) is 40.0 Å². The van der Waals surface area contributed by atoms with E-state index >= 15 is 0 Å². The van der Waals surface area contributed by atoms with E-state index in [9.17, 15) is 22.8 Å². The summed E-state index contributed by atoms with van der Waals surface area (Å²) in [6, 6.07) is 6.62. The number of alkyl halides is 3. The van der Waals surface area contributed by atoms with Crippen LogP contribution in [0.25, 0.3) is 0 Å². The molecule has 2 rings (SSSR count). The third-order valence-corrected chi connectivity index (χ3v) is 3.31. The molecule has 0 saturated carbocycles. The van der Waals surface area contributed by atoms with Crippen LogP contribution in [0.5, 0.6) is 0 Å². The number of rotatable bonds is 7. The first-order valence-corrected chi connectivity index (χ1v) is 7.00. The number of hydrogen-bond donors (Lipinski definition) is 0. The van der Waals surface area contributed by atoms with E-state index in [1.54, 1.807) is 24.3 Å². The second-order valence-corrected chi connectivity index (χ2v) is 5.04. The first-order chi connectivity index (χ1) is 10.4. The highest BCUT2D eigenvalue weighted by Gasteiger charge is 2.34. The topological polar surface area (TPSA) is 46.6 Å². The minimum atomic E-state index is -4.31. The number of benzene rings is 1. The molecule has 1 aromatic carbocycles. The Balaban J connectivity index is 1.69. The first kappa shape index (κ1) is 16.5. The smallest absolute Gasteiger partial charge is 0.372 e. The molecule has 0 N–H and O–H groups in total. The Morgan fingerprint density at radius 3 is 2.09 bits per heavy atom. The summed E-state index contributed by atoms with van der Waals surface area (Å²) in [7, 11) is 0. The number of carbonyl (C=O) groups excluding carboxylic acids is 2. The minimum Gasteiger partial charge on any atom is -0.372 e. The largest absolute Gasteiger partial charge is 0.411 e. The van der Waals surface area contributed by atoms with E-state index in [1.807, 2.05) is 0 Å². The average Bonchev–Trinajstić information content (AvgIpc) is 2.70. The van der Waals surface area contributed by atoms with Crippen LogP contribution in [0.2, 0.25) is 0 Å². The van der Waals surface area contributed by atoms with Gasteiger partial charge < -0.3 is 4.74 Å². The molecule has 120 valence electrons. The van der Waals surface area contributed by atoms with Gasteiger partial charge in [-0.15, -0.1) is 0 Å². The third-order valence-electron chi connectivity index (χ3n) is 3.31. The molecule has 2 amide bonds. The normalized spacial score (nSPS) is 14.6. The summed E-state index contributed by atoms with van der Waals surface area (Å²) in [5.41, 5.74) is 0.807. The van der Waals surface area contributed by atoms with Crippen LogP contribution in [-0.4, -0.2) is 42.6 Å². The Labute approximate surface area is 125 Å². The lowest BCUT2D eigenvalue weighted by Gasteiger charge is -2.13. The summed E-state index contributed by atoms with van der Waals surface area (Å²) in [5, 5.41) is 0. The zero-order chi connectivity index (χ0) is 16.2. The lowest BCUT2D eigenvalue weighted by Crippen LogP contribution is -2.30. The Kier molecular flexibility index (Phi) is 5.18. The quantitative estimate of drug-likeness (QED) is 0.574. The van der Waals surface area contributed by atoms with Crippen molar-refractivity contribution in [2.75, 3.05) is 19.8 Å². The van der Waals surface area contributed by atoms with E-state index in [2.05, 4.69) is 4.74 Å². The third kappa shape index (κ3) is 4.07. The number of nitrogens with zero attached hydrogens (tertiary/aromatic N) is 1. The number of fused-ring (bicyclic) bond motifs is 1. The van der Waals surface area contributed by atoms with Crippen LogP contribution in [0, 0.1) is 0 Å². The summed E-state index contributed by atoms with van der Waals surface area (Å²) in [4.78, 5) is 25.3. The first-order valence-electron chi connectivity index (χ1n) is 7.00. The summed E-state index contributed by atoms with van der Waals surface area (Å²) in [5.74, 6) is -0.622. The van der Waals surface area contributed by atoms with Gasteiger partial charge in [-0.2, -0.15) is 13.2 Å². The molecule has 0 atom stereocenters. The van der Waals surface area contributed by atoms with Gasteiger partial charge in [0.25, 0.3) is 11.8 Å². The van der Waals surface area contributed by atoms with Crippen LogP contribution in [0.3, 0.4) is 0 Å². The van der Waals surface area contributed by atoms with Gasteiger partial charge in [-0.25, -0.2) is 0 Å². The van der Waals surface area contributed by atoms with Crippen LogP contribution < -0.4 is 0 Å². The van der Waals surface area contributed by atoms with Gasteiger partial charge in [0.2, 0.25) is 0 Å². The van der Waals surface area contributed by atoms with E-state index in [0.29, 0.717) is 30.4 Å². The number of carbonyl (C=O) groups is 2. The van der Waals surface area contributed by atoms with Crippen molar-refractivity contribution in [1.82, 2.24) is 4.90 Å². The molecule has 0 spiro atoms. The molecule has 1 heterocycles. The van der Waals surface area contributed by atoms with Gasteiger partial charge in [0.15, 0.2) is 0 Å². The van der Waals surface area contributed by atoms with Gasteiger partial charge in [-0.1, -0.05) is 12.1 Å². The number of amides is 2. The number of ether oxygens (including phenoxy) is 1. The van der Waals surface area contributed by atoms with Gasteiger partial charge in [-0.3, -0.25) is 14.5 Å². The molecular weight excluding hydrogens is 299 g/mol. The number of halogens is 3. The van der Waals surface area contributed by atoms with Crippen LogP contribution in [0.15, 0.2) is 24.3 Å². The van der Waals surface area contributed by atoms with Crippen molar-refractivity contribution in [2.45, 2.75) is 25.4 Å². The molecule has 0 saturated heterocycles. The van der Waals surface area contributed by atoms with Crippen LogP contribution >= 0.6 is 0 Å². The van der Waals surface area contributed by atoms with E-state index in [0.717, 1.165) is 0 Å². The highest BCUT2D eigenvalue weighted by atomic mass is 19.4. The second-order valence-electron chi connectivity index (χ2n) is 5.04. The summed E-state index contributed by atoms with van der Waals surface area (Å²) in [6.07, 6.45) is -2.72. The van der Waals surface area contributed by atoms with E-state index in [1.165, 1.54) is 4.90 Å². The minimum absolute atomic E-state index is 0.0155. The Hall–Kier alpha value is -1.89. The molecule has 0 radical (unpaired) electrons. The molecule has 1 aliphatic heterocycles. The lowest BCUT2D eigenvalue weighted by atomic mass is 10.1. The van der Waals surface area contributed by atoms with E-state index < -0.39 is 12.8 Å². The molecule has 1 aromatic rings. The van der Waals surface area contributed by atoms with Crippen molar-refractivity contribution in [2.24, 2.45) is 0 Å². The summed E-state index contributed by atoms with van der Waals surface area (Å²) < 4.78 is 40.0. The fourth-order valence-corrected chi connectivity index (χ4v) is 2.28. The average molecular weight is 315 g/mol. The predicted octanol–water partition coefficient (Wildman–Crippen LogP) is 3.03. The van der Waals surface area contributed by atoms with E-state index in [4.69, 9.17) is 0 Å². The molecule has 7 heteroatoms. The Bertz CT molecular complexity index is 522. The molecule has 4 nitrogen and oxygen atoms in total. The SMILES string of the molecule is O=C1c2ccccc2C(=O)N1CCCCCOCC(F)(F)F. The molecule has 1 aliphatic rings. The second kappa shape index (κ2) is 6.91. The van der Waals surface area contributed by atoms with Crippen molar-refractivity contribution in [3.8, 4) is 0 Å². The van der Waals surface area contributed by atoms with Gasteiger partial charge in [-0.05, 0) is 31.4 Å². The molecular formula is C15H16F3NO3. The van der Waals surface area contributed by atoms with Crippen LogP contribution in [-0.2, 0) is 4.74 Å². The zero-order valence-electron chi connectivity index (χ0n) is 11.9. The van der Waals surface area contributed by atoms with Gasteiger partial charge in [0, 0.05) is 13.2 Å². The zero-order valence-corrected chi connectivity index (χ0v) is 11.9. The van der Waals surface area contributed by atoms with Crippen molar-refractivity contribution in [1.29, 1.82) is 0 Å². The Morgan fingerprint density at radius 2 is 1.55 bits per heavy atom.